The van der Waals surface area contributed by atoms with Gasteiger partial charge < -0.3 is 4.90 Å². The smallest absolute Gasteiger partial charge is 0.231 e. The molecule has 3 aromatic rings. The molecule has 5 rings (SSSR count). The number of hydrogen-bond donors (Lipinski definition) is 1. The molecule has 1 aliphatic carbocycles. The van der Waals surface area contributed by atoms with Crippen molar-refractivity contribution in [1.82, 2.24) is 9.78 Å². The van der Waals surface area contributed by atoms with Crippen LogP contribution in [0.15, 0.2) is 53.7 Å². The van der Waals surface area contributed by atoms with Crippen LogP contribution in [0.5, 0.6) is 0 Å². The lowest BCUT2D eigenvalue weighted by molar-refractivity contribution is -0.122. The van der Waals surface area contributed by atoms with E-state index in [1.807, 2.05) is 41.8 Å². The van der Waals surface area contributed by atoms with Gasteiger partial charge in [0.25, 0.3) is 0 Å². The molecule has 0 radical (unpaired) electrons. The van der Waals surface area contributed by atoms with Gasteiger partial charge in [-0.05, 0) is 77.7 Å². The first kappa shape index (κ1) is 21.6. The number of nitrogens with two attached hydrogens (primary N) is 1. The van der Waals surface area contributed by atoms with Crippen molar-refractivity contribution in [2.75, 3.05) is 11.4 Å². The number of benzene rings is 2. The second kappa shape index (κ2) is 8.85. The van der Waals surface area contributed by atoms with E-state index in [-0.39, 0.29) is 23.6 Å². The number of aromatic nitrogens is 2. The number of carbonyl (C=O) groups excluding carboxylic acids is 1. The quantitative estimate of drug-likeness (QED) is 0.593. The van der Waals surface area contributed by atoms with Crippen LogP contribution in [-0.4, -0.2) is 22.2 Å². The summed E-state index contributed by atoms with van der Waals surface area (Å²) in [6.07, 6.45) is 5.04. The number of amides is 1. The van der Waals surface area contributed by atoms with Gasteiger partial charge in [-0.3, -0.25) is 9.93 Å². The monoisotopic (exact) mass is 438 g/mol. The van der Waals surface area contributed by atoms with Gasteiger partial charge in [0.1, 0.15) is 5.82 Å². The second-order valence-electron chi connectivity index (χ2n) is 7.70. The highest BCUT2D eigenvalue weighted by Gasteiger charge is 2.39. The molecule has 0 spiro atoms. The fourth-order valence-electron chi connectivity index (χ4n) is 4.62. The first-order valence-corrected chi connectivity index (χ1v) is 11.6. The molecule has 7 heteroatoms. The maximum atomic E-state index is 14.1. The predicted molar refractivity (Wildman–Crippen MR) is 123 cm³/mol. The number of anilines is 1. The summed E-state index contributed by atoms with van der Waals surface area (Å²) in [7, 11) is 0. The zero-order valence-electron chi connectivity index (χ0n) is 18.0. The Morgan fingerprint density at radius 3 is 2.74 bits per heavy atom. The normalized spacial score (nSPS) is 18.9. The maximum absolute atomic E-state index is 14.1. The molecular weight excluding hydrogens is 411 g/mol. The Morgan fingerprint density at radius 1 is 1.23 bits per heavy atom. The van der Waals surface area contributed by atoms with Crippen LogP contribution < -0.4 is 10.0 Å². The lowest BCUT2D eigenvalue weighted by atomic mass is 9.93. The molecule has 2 aromatic carbocycles. The summed E-state index contributed by atoms with van der Waals surface area (Å²) < 4.78 is 15.9. The molecule has 0 fully saturated rings. The SMILES string of the molecule is CC.CC1c2ccc(-n3cccn3)cc2CC1C(=O)N1CCc2cc(F)c(SN)cc21. The molecular formula is C24H27FN4OS. The average Bonchev–Trinajstić information content (AvgIpc) is 3.53. The third-order valence-corrected chi connectivity index (χ3v) is 6.74. The third kappa shape index (κ3) is 3.77. The molecule has 162 valence electrons. The van der Waals surface area contributed by atoms with Crippen molar-refractivity contribution in [2.24, 2.45) is 11.1 Å². The highest BCUT2D eigenvalue weighted by atomic mass is 32.2. The number of fused-ring (bicyclic) bond motifs is 2. The molecule has 2 atom stereocenters. The van der Waals surface area contributed by atoms with Crippen molar-refractivity contribution >= 4 is 23.5 Å². The summed E-state index contributed by atoms with van der Waals surface area (Å²) in [6, 6.07) is 11.4. The van der Waals surface area contributed by atoms with Crippen LogP contribution in [0, 0.1) is 11.7 Å². The van der Waals surface area contributed by atoms with Crippen molar-refractivity contribution in [3.63, 3.8) is 0 Å². The minimum atomic E-state index is -0.321. The van der Waals surface area contributed by atoms with Crippen molar-refractivity contribution in [3.8, 4) is 5.69 Å². The van der Waals surface area contributed by atoms with E-state index in [1.54, 1.807) is 12.3 Å². The van der Waals surface area contributed by atoms with E-state index in [9.17, 15) is 9.18 Å². The average molecular weight is 439 g/mol. The molecule has 0 saturated heterocycles. The van der Waals surface area contributed by atoms with Gasteiger partial charge in [-0.15, -0.1) is 0 Å². The number of nitrogens with zero attached hydrogens (tertiary/aromatic N) is 3. The van der Waals surface area contributed by atoms with Crippen molar-refractivity contribution in [3.05, 3.63) is 71.3 Å². The third-order valence-electron chi connectivity index (χ3n) is 6.17. The minimum Gasteiger partial charge on any atom is -0.312 e. The number of carbonyl (C=O) groups is 1. The fraction of sp³-hybridized carbons (Fsp3) is 0.333. The largest absolute Gasteiger partial charge is 0.312 e. The first-order chi connectivity index (χ1) is 15.1. The highest BCUT2D eigenvalue weighted by molar-refractivity contribution is 7.97. The Kier molecular flexibility index (Phi) is 6.16. The number of rotatable bonds is 3. The van der Waals surface area contributed by atoms with E-state index < -0.39 is 0 Å². The molecule has 31 heavy (non-hydrogen) atoms. The van der Waals surface area contributed by atoms with Crippen LogP contribution in [0.3, 0.4) is 0 Å². The second-order valence-corrected chi connectivity index (χ2v) is 8.38. The maximum Gasteiger partial charge on any atom is 0.231 e. The van der Waals surface area contributed by atoms with Gasteiger partial charge >= 0.3 is 0 Å². The predicted octanol–water partition coefficient (Wildman–Crippen LogP) is 4.87. The zero-order chi connectivity index (χ0) is 22.1. The van der Waals surface area contributed by atoms with E-state index in [1.165, 1.54) is 17.2 Å². The molecule has 1 aromatic heterocycles. The topological polar surface area (TPSA) is 64.2 Å². The first-order valence-electron chi connectivity index (χ1n) is 10.7. The number of hydrogen-bond acceptors (Lipinski definition) is 4. The standard InChI is InChI=1S/C22H21FN4OS.C2H6/c1-13-17-4-3-16(27-7-2-6-25-27)9-15(17)10-18(13)22(28)26-8-5-14-11-19(23)21(29-24)12-20(14)26;1-2/h2-4,6-7,9,11-13,18H,5,8,10,24H2,1H3;1-2H3. The van der Waals surface area contributed by atoms with Gasteiger partial charge in [0.05, 0.1) is 10.6 Å². The van der Waals surface area contributed by atoms with Gasteiger partial charge in [0, 0.05) is 30.5 Å². The van der Waals surface area contributed by atoms with Crippen LogP contribution in [-0.2, 0) is 17.6 Å². The molecule has 2 unspecified atom stereocenters. The van der Waals surface area contributed by atoms with Crippen LogP contribution in [0.2, 0.25) is 0 Å². The van der Waals surface area contributed by atoms with Crippen LogP contribution in [0.25, 0.3) is 5.69 Å². The molecule has 1 aliphatic heterocycles. The fourth-order valence-corrected chi connectivity index (χ4v) is 4.97. The summed E-state index contributed by atoms with van der Waals surface area (Å²) in [5, 5.41) is 9.88. The van der Waals surface area contributed by atoms with Gasteiger partial charge in [0.15, 0.2) is 0 Å². The van der Waals surface area contributed by atoms with Gasteiger partial charge in [-0.2, -0.15) is 5.10 Å². The van der Waals surface area contributed by atoms with Crippen molar-refractivity contribution in [2.45, 2.75) is 44.4 Å². The van der Waals surface area contributed by atoms with Gasteiger partial charge in [-0.1, -0.05) is 26.8 Å². The van der Waals surface area contributed by atoms with E-state index >= 15 is 0 Å². The Labute approximate surface area is 186 Å². The summed E-state index contributed by atoms with van der Waals surface area (Å²) >= 11 is 0.877. The molecule has 2 heterocycles. The molecule has 0 saturated carbocycles. The molecule has 5 nitrogen and oxygen atoms in total. The lowest BCUT2D eigenvalue weighted by Crippen LogP contribution is -2.36. The van der Waals surface area contributed by atoms with Crippen LogP contribution >= 0.6 is 11.9 Å². The van der Waals surface area contributed by atoms with Gasteiger partial charge in [-0.25, -0.2) is 9.07 Å². The summed E-state index contributed by atoms with van der Waals surface area (Å²) in [5.41, 5.74) is 5.08. The molecule has 0 bridgehead atoms. The molecule has 2 N–H and O–H groups in total. The Balaban J connectivity index is 0.00000112. The van der Waals surface area contributed by atoms with E-state index in [2.05, 4.69) is 24.2 Å². The van der Waals surface area contributed by atoms with E-state index in [4.69, 9.17) is 5.14 Å². The minimum absolute atomic E-state index is 0.104. The molecule has 2 aliphatic rings. The Hall–Kier alpha value is -2.64. The van der Waals surface area contributed by atoms with Gasteiger partial charge in [0.2, 0.25) is 5.91 Å². The summed E-state index contributed by atoms with van der Waals surface area (Å²) in [5.74, 6) is -0.203. The Bertz CT molecular complexity index is 1100. The zero-order valence-corrected chi connectivity index (χ0v) is 18.8. The Morgan fingerprint density at radius 2 is 2.03 bits per heavy atom. The number of halogens is 1. The van der Waals surface area contributed by atoms with Crippen LogP contribution in [0.1, 0.15) is 43.4 Å². The summed E-state index contributed by atoms with van der Waals surface area (Å²) in [4.78, 5) is 15.6. The van der Waals surface area contributed by atoms with Crippen molar-refractivity contribution < 1.29 is 9.18 Å². The molecule has 1 amide bonds. The van der Waals surface area contributed by atoms with E-state index in [0.717, 1.165) is 28.9 Å². The van der Waals surface area contributed by atoms with E-state index in [0.29, 0.717) is 24.3 Å². The lowest BCUT2D eigenvalue weighted by Gasteiger charge is -2.24. The van der Waals surface area contributed by atoms with Crippen LogP contribution in [0.4, 0.5) is 10.1 Å². The van der Waals surface area contributed by atoms with Crippen molar-refractivity contribution in [1.29, 1.82) is 0 Å². The summed E-state index contributed by atoms with van der Waals surface area (Å²) in [6.45, 7) is 6.70. The highest BCUT2D eigenvalue weighted by Crippen LogP contribution is 2.42.